The van der Waals surface area contributed by atoms with E-state index in [9.17, 15) is 12.8 Å². The van der Waals surface area contributed by atoms with E-state index in [0.717, 1.165) is 12.3 Å². The van der Waals surface area contributed by atoms with Crippen LogP contribution in [0.4, 0.5) is 10.1 Å². The second-order valence-corrected chi connectivity index (χ2v) is 4.90. The Morgan fingerprint density at radius 2 is 1.92 bits per heavy atom. The molecule has 1 rings (SSSR count). The zero-order chi connectivity index (χ0) is 10.2. The molecule has 0 unspecified atom stereocenters. The second-order valence-electron chi connectivity index (χ2n) is 2.91. The molecule has 0 amide bonds. The van der Waals surface area contributed by atoms with Crippen LogP contribution in [0.5, 0.6) is 0 Å². The van der Waals surface area contributed by atoms with E-state index in [1.54, 1.807) is 0 Å². The summed E-state index contributed by atoms with van der Waals surface area (Å²) in [4.78, 5) is -0.0219. The molecule has 72 valence electrons. The van der Waals surface area contributed by atoms with Gasteiger partial charge in [0.2, 0.25) is 0 Å². The molecule has 0 heterocycles. The Morgan fingerprint density at radius 3 is 2.38 bits per heavy atom. The average molecular weight is 203 g/mol. The third kappa shape index (κ3) is 1.98. The Bertz CT molecular complexity index is 440. The van der Waals surface area contributed by atoms with Crippen LogP contribution in [0.3, 0.4) is 0 Å². The summed E-state index contributed by atoms with van der Waals surface area (Å²) in [6.07, 6.45) is 1.04. The topological polar surface area (TPSA) is 60.2 Å². The summed E-state index contributed by atoms with van der Waals surface area (Å²) in [6.45, 7) is 1.49. The maximum Gasteiger partial charge on any atom is 0.177 e. The lowest BCUT2D eigenvalue weighted by Gasteiger charge is -2.05. The van der Waals surface area contributed by atoms with E-state index in [4.69, 9.17) is 5.73 Å². The Balaban J connectivity index is 3.50. The van der Waals surface area contributed by atoms with Gasteiger partial charge in [0.1, 0.15) is 5.82 Å². The standard InChI is InChI=1S/C8H10FNO2S/c1-5-3-8(13(2,11)12)7(10)4-6(5)9/h3-4H,10H2,1-2H3. The van der Waals surface area contributed by atoms with Gasteiger partial charge in [0.05, 0.1) is 10.6 Å². The third-order valence-corrected chi connectivity index (χ3v) is 2.84. The normalized spacial score (nSPS) is 11.6. The predicted octanol–water partition coefficient (Wildman–Crippen LogP) is 1.12. The molecule has 0 aliphatic rings. The SMILES string of the molecule is Cc1cc(S(C)(=O)=O)c(N)cc1F. The molecule has 0 atom stereocenters. The first-order valence-electron chi connectivity index (χ1n) is 3.58. The van der Waals surface area contributed by atoms with Gasteiger partial charge in [-0.1, -0.05) is 0 Å². The smallest absolute Gasteiger partial charge is 0.177 e. The van der Waals surface area contributed by atoms with E-state index in [1.165, 1.54) is 13.0 Å². The fourth-order valence-corrected chi connectivity index (χ4v) is 1.87. The molecule has 13 heavy (non-hydrogen) atoms. The van der Waals surface area contributed by atoms with Crippen molar-refractivity contribution in [3.8, 4) is 0 Å². The summed E-state index contributed by atoms with van der Waals surface area (Å²) in [5.41, 5.74) is 5.58. The van der Waals surface area contributed by atoms with Crippen LogP contribution in [0.25, 0.3) is 0 Å². The predicted molar refractivity (Wildman–Crippen MR) is 48.7 cm³/mol. The van der Waals surface area contributed by atoms with E-state index in [2.05, 4.69) is 0 Å². The average Bonchev–Trinajstić information content (AvgIpc) is 1.94. The zero-order valence-corrected chi connectivity index (χ0v) is 8.15. The van der Waals surface area contributed by atoms with E-state index < -0.39 is 15.7 Å². The van der Waals surface area contributed by atoms with E-state index in [-0.39, 0.29) is 16.1 Å². The monoisotopic (exact) mass is 203 g/mol. The van der Waals surface area contributed by atoms with E-state index >= 15 is 0 Å². The molecule has 0 bridgehead atoms. The highest BCUT2D eigenvalue weighted by atomic mass is 32.2. The maximum atomic E-state index is 12.9. The van der Waals surface area contributed by atoms with Gasteiger partial charge in [-0.2, -0.15) is 0 Å². The minimum atomic E-state index is -3.36. The fourth-order valence-electron chi connectivity index (χ4n) is 0.992. The number of anilines is 1. The fraction of sp³-hybridized carbons (Fsp3) is 0.250. The first-order valence-corrected chi connectivity index (χ1v) is 5.47. The largest absolute Gasteiger partial charge is 0.398 e. The van der Waals surface area contributed by atoms with Crippen molar-refractivity contribution in [2.45, 2.75) is 11.8 Å². The van der Waals surface area contributed by atoms with Gasteiger partial charge in [0.25, 0.3) is 0 Å². The molecule has 0 aliphatic heterocycles. The Morgan fingerprint density at radius 1 is 1.38 bits per heavy atom. The summed E-state index contributed by atoms with van der Waals surface area (Å²) in [6, 6.07) is 2.26. The van der Waals surface area contributed by atoms with Gasteiger partial charge in [0.15, 0.2) is 9.84 Å². The highest BCUT2D eigenvalue weighted by Gasteiger charge is 2.13. The van der Waals surface area contributed by atoms with E-state index in [1.807, 2.05) is 0 Å². The van der Waals surface area contributed by atoms with Gasteiger partial charge >= 0.3 is 0 Å². The molecule has 0 aromatic heterocycles. The van der Waals surface area contributed by atoms with Crippen molar-refractivity contribution in [1.29, 1.82) is 0 Å². The van der Waals surface area contributed by atoms with Gasteiger partial charge in [-0.15, -0.1) is 0 Å². The van der Waals surface area contributed by atoms with Crippen molar-refractivity contribution in [1.82, 2.24) is 0 Å². The number of hydrogen-bond donors (Lipinski definition) is 1. The first-order chi connectivity index (χ1) is 5.82. The van der Waals surface area contributed by atoms with Crippen molar-refractivity contribution in [3.05, 3.63) is 23.5 Å². The van der Waals surface area contributed by atoms with Gasteiger partial charge < -0.3 is 5.73 Å². The molecular formula is C8H10FNO2S. The lowest BCUT2D eigenvalue weighted by molar-refractivity contribution is 0.599. The van der Waals surface area contributed by atoms with Crippen molar-refractivity contribution in [2.75, 3.05) is 12.0 Å². The highest BCUT2D eigenvalue weighted by molar-refractivity contribution is 7.90. The molecule has 1 aromatic carbocycles. The molecule has 0 saturated heterocycles. The van der Waals surface area contributed by atoms with Gasteiger partial charge in [-0.3, -0.25) is 0 Å². The lowest BCUT2D eigenvalue weighted by atomic mass is 10.2. The highest BCUT2D eigenvalue weighted by Crippen LogP contribution is 2.21. The summed E-state index contributed by atoms with van der Waals surface area (Å²) in [5, 5.41) is 0. The zero-order valence-electron chi connectivity index (χ0n) is 7.33. The molecule has 1 aromatic rings. The minimum Gasteiger partial charge on any atom is -0.398 e. The number of hydrogen-bond acceptors (Lipinski definition) is 3. The Hall–Kier alpha value is -1.10. The van der Waals surface area contributed by atoms with Crippen LogP contribution in [0.1, 0.15) is 5.56 Å². The molecule has 0 fully saturated rings. The quantitative estimate of drug-likeness (QED) is 0.549. The lowest BCUT2D eigenvalue weighted by Crippen LogP contribution is -2.03. The number of halogens is 1. The number of aryl methyl sites for hydroxylation is 1. The Labute approximate surface area is 76.3 Å². The minimum absolute atomic E-state index is 0.0219. The summed E-state index contributed by atoms with van der Waals surface area (Å²) in [5.74, 6) is -0.495. The van der Waals surface area contributed by atoms with Crippen LogP contribution in [0.2, 0.25) is 0 Å². The van der Waals surface area contributed by atoms with Crippen molar-refractivity contribution < 1.29 is 12.8 Å². The van der Waals surface area contributed by atoms with Crippen LogP contribution in [0.15, 0.2) is 17.0 Å². The van der Waals surface area contributed by atoms with Crippen molar-refractivity contribution in [2.24, 2.45) is 0 Å². The molecule has 0 saturated carbocycles. The molecule has 2 N–H and O–H groups in total. The molecule has 0 aliphatic carbocycles. The molecule has 3 nitrogen and oxygen atoms in total. The number of benzene rings is 1. The van der Waals surface area contributed by atoms with Crippen LogP contribution in [-0.4, -0.2) is 14.7 Å². The summed E-state index contributed by atoms with van der Waals surface area (Å²) < 4.78 is 35.1. The summed E-state index contributed by atoms with van der Waals surface area (Å²) in [7, 11) is -3.36. The van der Waals surface area contributed by atoms with Gasteiger partial charge in [-0.05, 0) is 24.6 Å². The number of nitrogens with two attached hydrogens (primary N) is 1. The molecular weight excluding hydrogens is 193 g/mol. The third-order valence-electron chi connectivity index (χ3n) is 1.69. The number of sulfone groups is 1. The number of nitrogen functional groups attached to an aromatic ring is 1. The van der Waals surface area contributed by atoms with Crippen LogP contribution >= 0.6 is 0 Å². The first kappa shape index (κ1) is 9.98. The van der Waals surface area contributed by atoms with E-state index in [0.29, 0.717) is 0 Å². The second kappa shape index (κ2) is 2.99. The van der Waals surface area contributed by atoms with Crippen molar-refractivity contribution >= 4 is 15.5 Å². The Kier molecular flexibility index (Phi) is 2.30. The van der Waals surface area contributed by atoms with Crippen LogP contribution in [0, 0.1) is 12.7 Å². The van der Waals surface area contributed by atoms with Crippen LogP contribution < -0.4 is 5.73 Å². The maximum absolute atomic E-state index is 12.9. The number of rotatable bonds is 1. The van der Waals surface area contributed by atoms with Gasteiger partial charge in [0, 0.05) is 6.26 Å². The molecule has 5 heteroatoms. The summed E-state index contributed by atoms with van der Waals surface area (Å²) >= 11 is 0. The van der Waals surface area contributed by atoms with Crippen molar-refractivity contribution in [3.63, 3.8) is 0 Å². The molecule has 0 spiro atoms. The molecule has 0 radical (unpaired) electrons. The van der Waals surface area contributed by atoms with Crippen LogP contribution in [-0.2, 0) is 9.84 Å². The van der Waals surface area contributed by atoms with Gasteiger partial charge in [-0.25, -0.2) is 12.8 Å².